The van der Waals surface area contributed by atoms with E-state index in [9.17, 15) is 4.79 Å². The van der Waals surface area contributed by atoms with Gasteiger partial charge in [0.25, 0.3) is 0 Å². The van der Waals surface area contributed by atoms with E-state index in [2.05, 4.69) is 34.3 Å². The Balaban J connectivity index is 1.66. The molecule has 1 saturated carbocycles. The molecule has 5 heteroatoms. The minimum absolute atomic E-state index is 0.0405. The van der Waals surface area contributed by atoms with Crippen molar-refractivity contribution in [2.24, 2.45) is 5.92 Å². The third-order valence-electron chi connectivity index (χ3n) is 4.60. The standard InChI is InChI=1S/C21H20N4O/c1-13-5-8-17(22)10-18(13)15-3-2-4-16(9-15)19-11-20(24-12-23-19)25-21(26)14-6-7-14/h2-5,8-12,14H,6-7,22H2,1H3,(H,23,24,25,26). The molecule has 1 aliphatic rings. The molecule has 4 rings (SSSR count). The molecule has 3 aromatic rings. The monoisotopic (exact) mass is 344 g/mol. The zero-order valence-electron chi connectivity index (χ0n) is 14.6. The fourth-order valence-corrected chi connectivity index (χ4v) is 2.95. The van der Waals surface area contributed by atoms with Gasteiger partial charge in [0.15, 0.2) is 0 Å². The van der Waals surface area contributed by atoms with Gasteiger partial charge in [-0.15, -0.1) is 0 Å². The topological polar surface area (TPSA) is 80.9 Å². The number of amides is 1. The van der Waals surface area contributed by atoms with Crippen LogP contribution in [-0.4, -0.2) is 15.9 Å². The van der Waals surface area contributed by atoms with Crippen LogP contribution in [0.25, 0.3) is 22.4 Å². The Morgan fingerprint density at radius 3 is 2.69 bits per heavy atom. The summed E-state index contributed by atoms with van der Waals surface area (Å²) in [6.45, 7) is 2.07. The van der Waals surface area contributed by atoms with Crippen molar-refractivity contribution < 1.29 is 4.79 Å². The van der Waals surface area contributed by atoms with Gasteiger partial charge in [0.2, 0.25) is 5.91 Å². The summed E-state index contributed by atoms with van der Waals surface area (Å²) in [4.78, 5) is 20.5. The second-order valence-corrected chi connectivity index (χ2v) is 6.71. The van der Waals surface area contributed by atoms with Crippen LogP contribution < -0.4 is 11.1 Å². The molecule has 0 atom stereocenters. The maximum atomic E-state index is 11.9. The van der Waals surface area contributed by atoms with Crippen LogP contribution in [0.1, 0.15) is 18.4 Å². The van der Waals surface area contributed by atoms with Crippen LogP contribution in [0.5, 0.6) is 0 Å². The number of carbonyl (C=O) groups excluding carboxylic acids is 1. The van der Waals surface area contributed by atoms with Gasteiger partial charge in [-0.25, -0.2) is 9.97 Å². The molecule has 3 N–H and O–H groups in total. The molecule has 1 aromatic heterocycles. The molecule has 0 radical (unpaired) electrons. The van der Waals surface area contributed by atoms with Crippen molar-refractivity contribution in [1.82, 2.24) is 9.97 Å². The molecule has 1 heterocycles. The fourth-order valence-electron chi connectivity index (χ4n) is 2.95. The number of nitrogen functional groups attached to an aromatic ring is 1. The minimum atomic E-state index is 0.0405. The summed E-state index contributed by atoms with van der Waals surface area (Å²) in [5.41, 5.74) is 11.8. The van der Waals surface area contributed by atoms with Crippen LogP contribution in [0.4, 0.5) is 11.5 Å². The van der Waals surface area contributed by atoms with Gasteiger partial charge in [0, 0.05) is 23.2 Å². The van der Waals surface area contributed by atoms with Crippen molar-refractivity contribution >= 4 is 17.4 Å². The van der Waals surface area contributed by atoms with E-state index < -0.39 is 0 Å². The Hall–Kier alpha value is -3.21. The minimum Gasteiger partial charge on any atom is -0.399 e. The number of carbonyl (C=O) groups is 1. The Morgan fingerprint density at radius 1 is 1.08 bits per heavy atom. The molecule has 1 aliphatic carbocycles. The molecule has 1 amide bonds. The Morgan fingerprint density at radius 2 is 1.88 bits per heavy atom. The summed E-state index contributed by atoms with van der Waals surface area (Å²) in [5.74, 6) is 0.722. The zero-order valence-corrected chi connectivity index (χ0v) is 14.6. The third kappa shape index (κ3) is 3.42. The number of nitrogens with zero attached hydrogens (tertiary/aromatic N) is 2. The number of aromatic nitrogens is 2. The first-order valence-electron chi connectivity index (χ1n) is 8.70. The zero-order chi connectivity index (χ0) is 18.1. The van der Waals surface area contributed by atoms with Gasteiger partial charge in [-0.2, -0.15) is 0 Å². The van der Waals surface area contributed by atoms with Crippen LogP contribution in [0.3, 0.4) is 0 Å². The lowest BCUT2D eigenvalue weighted by Gasteiger charge is -2.10. The van der Waals surface area contributed by atoms with Crippen molar-refractivity contribution in [3.05, 3.63) is 60.4 Å². The van der Waals surface area contributed by atoms with Crippen molar-refractivity contribution in [3.8, 4) is 22.4 Å². The Kier molecular flexibility index (Phi) is 4.13. The number of anilines is 2. The van der Waals surface area contributed by atoms with Gasteiger partial charge in [-0.3, -0.25) is 4.79 Å². The summed E-state index contributed by atoms with van der Waals surface area (Å²) >= 11 is 0. The number of hydrogen-bond donors (Lipinski definition) is 2. The summed E-state index contributed by atoms with van der Waals surface area (Å²) in [6.07, 6.45) is 3.41. The van der Waals surface area contributed by atoms with E-state index in [0.717, 1.165) is 46.5 Å². The number of benzene rings is 2. The maximum Gasteiger partial charge on any atom is 0.228 e. The van der Waals surface area contributed by atoms with Crippen molar-refractivity contribution in [2.45, 2.75) is 19.8 Å². The normalized spacial score (nSPS) is 13.4. The van der Waals surface area contributed by atoms with Gasteiger partial charge in [-0.1, -0.05) is 24.3 Å². The summed E-state index contributed by atoms with van der Waals surface area (Å²) in [7, 11) is 0. The first-order valence-corrected chi connectivity index (χ1v) is 8.70. The van der Waals surface area contributed by atoms with Crippen molar-refractivity contribution in [2.75, 3.05) is 11.1 Å². The SMILES string of the molecule is Cc1ccc(N)cc1-c1cccc(-c2cc(NC(=O)C3CC3)ncn2)c1. The van der Waals surface area contributed by atoms with Gasteiger partial charge < -0.3 is 11.1 Å². The average Bonchev–Trinajstić information content (AvgIpc) is 3.49. The number of rotatable bonds is 4. The van der Waals surface area contributed by atoms with Crippen LogP contribution in [-0.2, 0) is 4.79 Å². The molecule has 130 valence electrons. The maximum absolute atomic E-state index is 11.9. The average molecular weight is 344 g/mol. The number of nitrogens with one attached hydrogen (secondary N) is 1. The molecule has 26 heavy (non-hydrogen) atoms. The molecule has 0 spiro atoms. The smallest absolute Gasteiger partial charge is 0.228 e. The quantitative estimate of drug-likeness (QED) is 0.700. The van der Waals surface area contributed by atoms with Gasteiger partial charge in [0.05, 0.1) is 5.69 Å². The van der Waals surface area contributed by atoms with E-state index in [0.29, 0.717) is 5.82 Å². The lowest BCUT2D eigenvalue weighted by molar-refractivity contribution is -0.117. The molecule has 0 saturated heterocycles. The third-order valence-corrected chi connectivity index (χ3v) is 4.60. The molecule has 0 unspecified atom stereocenters. The second kappa shape index (κ2) is 6.59. The fraction of sp³-hybridized carbons (Fsp3) is 0.190. The Labute approximate surface area is 152 Å². The molecule has 1 fully saturated rings. The number of nitrogens with two attached hydrogens (primary N) is 1. The number of hydrogen-bond acceptors (Lipinski definition) is 4. The second-order valence-electron chi connectivity index (χ2n) is 6.71. The number of aryl methyl sites for hydroxylation is 1. The van der Waals surface area contributed by atoms with Crippen LogP contribution >= 0.6 is 0 Å². The van der Waals surface area contributed by atoms with Crippen LogP contribution in [0.2, 0.25) is 0 Å². The summed E-state index contributed by atoms with van der Waals surface area (Å²) in [6, 6.07) is 15.9. The highest BCUT2D eigenvalue weighted by Crippen LogP contribution is 2.31. The van der Waals surface area contributed by atoms with E-state index in [4.69, 9.17) is 5.73 Å². The van der Waals surface area contributed by atoms with Gasteiger partial charge >= 0.3 is 0 Å². The molecule has 5 nitrogen and oxygen atoms in total. The van der Waals surface area contributed by atoms with E-state index >= 15 is 0 Å². The largest absolute Gasteiger partial charge is 0.399 e. The highest BCUT2D eigenvalue weighted by molar-refractivity contribution is 5.93. The molecule has 0 bridgehead atoms. The molecule has 0 aliphatic heterocycles. The van der Waals surface area contributed by atoms with Crippen molar-refractivity contribution in [1.29, 1.82) is 0 Å². The Bertz CT molecular complexity index is 979. The van der Waals surface area contributed by atoms with E-state index in [-0.39, 0.29) is 11.8 Å². The summed E-state index contributed by atoms with van der Waals surface area (Å²) in [5, 5.41) is 2.87. The predicted octanol–water partition coefficient (Wildman–Crippen LogP) is 4.05. The van der Waals surface area contributed by atoms with Gasteiger partial charge in [-0.05, 0) is 54.7 Å². The molecular formula is C21H20N4O. The predicted molar refractivity (Wildman–Crippen MR) is 103 cm³/mol. The van der Waals surface area contributed by atoms with Crippen LogP contribution in [0.15, 0.2) is 54.9 Å². The first kappa shape index (κ1) is 16.3. The first-order chi connectivity index (χ1) is 12.6. The van der Waals surface area contributed by atoms with E-state index in [1.165, 1.54) is 6.33 Å². The molecular weight excluding hydrogens is 324 g/mol. The lowest BCUT2D eigenvalue weighted by Crippen LogP contribution is -2.14. The van der Waals surface area contributed by atoms with Gasteiger partial charge in [0.1, 0.15) is 12.1 Å². The summed E-state index contributed by atoms with van der Waals surface area (Å²) < 4.78 is 0. The lowest BCUT2D eigenvalue weighted by atomic mass is 9.97. The van der Waals surface area contributed by atoms with Crippen LogP contribution in [0, 0.1) is 12.8 Å². The molecule has 2 aromatic carbocycles. The van der Waals surface area contributed by atoms with E-state index in [1.807, 2.05) is 36.4 Å². The van der Waals surface area contributed by atoms with E-state index in [1.54, 1.807) is 0 Å². The highest BCUT2D eigenvalue weighted by Gasteiger charge is 2.29. The highest BCUT2D eigenvalue weighted by atomic mass is 16.2. The van der Waals surface area contributed by atoms with Crippen molar-refractivity contribution in [3.63, 3.8) is 0 Å².